The van der Waals surface area contributed by atoms with Crippen molar-refractivity contribution >= 4 is 28.7 Å². The van der Waals surface area contributed by atoms with E-state index in [4.69, 9.17) is 4.52 Å². The first kappa shape index (κ1) is 16.6. The lowest BCUT2D eigenvalue weighted by molar-refractivity contribution is -0.121. The standard InChI is InChI=1S/C17H20N4O2S/c1-11-9-12(23-21-11)10-16(22)18-15(7-8-24-2)17-19-13-5-3-4-6-14(13)20-17/h3-6,9,15H,7-8,10H2,1-2H3,(H,18,22)(H,19,20)/t15-/m0/s1. The number of hydrogen-bond acceptors (Lipinski definition) is 5. The van der Waals surface area contributed by atoms with Gasteiger partial charge in [0.2, 0.25) is 5.91 Å². The number of hydrogen-bond donors (Lipinski definition) is 2. The quantitative estimate of drug-likeness (QED) is 0.688. The van der Waals surface area contributed by atoms with E-state index in [1.807, 2.05) is 31.2 Å². The van der Waals surface area contributed by atoms with Crippen LogP contribution in [-0.2, 0) is 11.2 Å². The number of fused-ring (bicyclic) bond motifs is 1. The van der Waals surface area contributed by atoms with Crippen LogP contribution in [0.5, 0.6) is 0 Å². The second kappa shape index (κ2) is 7.53. The van der Waals surface area contributed by atoms with Crippen LogP contribution >= 0.6 is 11.8 Å². The minimum absolute atomic E-state index is 0.0993. The van der Waals surface area contributed by atoms with Gasteiger partial charge in [0.1, 0.15) is 11.6 Å². The van der Waals surface area contributed by atoms with E-state index in [2.05, 4.69) is 26.7 Å². The average Bonchev–Trinajstić information content (AvgIpc) is 3.17. The average molecular weight is 344 g/mol. The molecule has 2 N–H and O–H groups in total. The number of nitrogens with zero attached hydrogens (tertiary/aromatic N) is 2. The van der Waals surface area contributed by atoms with Gasteiger partial charge in [0, 0.05) is 6.07 Å². The Kier molecular flexibility index (Phi) is 5.20. The second-order valence-corrected chi connectivity index (χ2v) is 6.64. The maximum atomic E-state index is 12.3. The van der Waals surface area contributed by atoms with Gasteiger partial charge in [-0.25, -0.2) is 4.98 Å². The van der Waals surface area contributed by atoms with E-state index in [0.29, 0.717) is 5.76 Å². The van der Waals surface area contributed by atoms with Crippen molar-refractivity contribution in [2.75, 3.05) is 12.0 Å². The summed E-state index contributed by atoms with van der Waals surface area (Å²) in [5.74, 6) is 2.19. The summed E-state index contributed by atoms with van der Waals surface area (Å²) >= 11 is 1.74. The molecule has 0 aliphatic rings. The number of nitrogens with one attached hydrogen (secondary N) is 2. The van der Waals surface area contributed by atoms with Crippen LogP contribution < -0.4 is 5.32 Å². The van der Waals surface area contributed by atoms with Gasteiger partial charge in [-0.05, 0) is 37.5 Å². The molecule has 1 aromatic carbocycles. The SMILES string of the molecule is CSCC[C@H](NC(=O)Cc1cc(C)no1)c1nc2ccccc2[nH]1. The highest BCUT2D eigenvalue weighted by molar-refractivity contribution is 7.98. The predicted octanol–water partition coefficient (Wildman–Crippen LogP) is 3.01. The Balaban J connectivity index is 1.74. The van der Waals surface area contributed by atoms with Crippen LogP contribution in [0.4, 0.5) is 0 Å². The van der Waals surface area contributed by atoms with Crippen molar-refractivity contribution in [1.29, 1.82) is 0 Å². The van der Waals surface area contributed by atoms with Gasteiger partial charge < -0.3 is 14.8 Å². The highest BCUT2D eigenvalue weighted by Gasteiger charge is 2.19. The molecule has 0 radical (unpaired) electrons. The van der Waals surface area contributed by atoms with Gasteiger partial charge >= 0.3 is 0 Å². The molecule has 0 bridgehead atoms. The van der Waals surface area contributed by atoms with E-state index >= 15 is 0 Å². The van der Waals surface area contributed by atoms with Gasteiger partial charge in [0.05, 0.1) is 29.2 Å². The highest BCUT2D eigenvalue weighted by atomic mass is 32.2. The van der Waals surface area contributed by atoms with E-state index in [0.717, 1.165) is 34.7 Å². The van der Waals surface area contributed by atoms with Crippen molar-refractivity contribution in [3.8, 4) is 0 Å². The molecule has 7 heteroatoms. The predicted molar refractivity (Wildman–Crippen MR) is 94.9 cm³/mol. The van der Waals surface area contributed by atoms with Gasteiger partial charge in [-0.2, -0.15) is 11.8 Å². The van der Waals surface area contributed by atoms with Gasteiger partial charge in [-0.15, -0.1) is 0 Å². The lowest BCUT2D eigenvalue weighted by Gasteiger charge is -2.15. The number of aryl methyl sites for hydroxylation is 1. The van der Waals surface area contributed by atoms with Crippen LogP contribution in [0.3, 0.4) is 0 Å². The molecule has 0 saturated heterocycles. The Morgan fingerprint density at radius 2 is 2.25 bits per heavy atom. The number of para-hydroxylation sites is 2. The lowest BCUT2D eigenvalue weighted by atomic mass is 10.2. The van der Waals surface area contributed by atoms with Gasteiger partial charge in [-0.3, -0.25) is 4.79 Å². The molecule has 0 aliphatic heterocycles. The number of aromatic nitrogens is 3. The normalized spacial score (nSPS) is 12.4. The number of carbonyl (C=O) groups is 1. The zero-order valence-corrected chi connectivity index (χ0v) is 14.5. The van der Waals surface area contributed by atoms with E-state index in [-0.39, 0.29) is 18.4 Å². The van der Waals surface area contributed by atoms with Crippen molar-refractivity contribution in [1.82, 2.24) is 20.4 Å². The lowest BCUT2D eigenvalue weighted by Crippen LogP contribution is -2.31. The minimum atomic E-state index is -0.152. The number of H-pyrrole nitrogens is 1. The molecule has 3 aromatic rings. The Labute approximate surface area is 144 Å². The number of imidazole rings is 1. The van der Waals surface area contributed by atoms with Gasteiger partial charge in [0.15, 0.2) is 0 Å². The molecule has 0 spiro atoms. The summed E-state index contributed by atoms with van der Waals surface area (Å²) in [6, 6.07) is 9.48. The maximum absolute atomic E-state index is 12.3. The zero-order valence-electron chi connectivity index (χ0n) is 13.7. The van der Waals surface area contributed by atoms with Gasteiger partial charge in [0.25, 0.3) is 0 Å². The maximum Gasteiger partial charge on any atom is 0.228 e. The summed E-state index contributed by atoms with van der Waals surface area (Å²) in [7, 11) is 0. The Bertz CT molecular complexity index is 794. The molecule has 1 amide bonds. The molecule has 0 saturated carbocycles. The molecule has 0 aliphatic carbocycles. The van der Waals surface area contributed by atoms with E-state index < -0.39 is 0 Å². The summed E-state index contributed by atoms with van der Waals surface area (Å²) in [6.07, 6.45) is 3.04. The summed E-state index contributed by atoms with van der Waals surface area (Å²) in [5.41, 5.74) is 2.65. The van der Waals surface area contributed by atoms with Crippen LogP contribution in [0.25, 0.3) is 11.0 Å². The summed E-state index contributed by atoms with van der Waals surface area (Å²) in [4.78, 5) is 20.3. The van der Waals surface area contributed by atoms with Crippen molar-refractivity contribution in [3.63, 3.8) is 0 Å². The Hall–Kier alpha value is -2.28. The van der Waals surface area contributed by atoms with Crippen LogP contribution in [0.1, 0.15) is 29.7 Å². The third-order valence-corrected chi connectivity index (χ3v) is 4.34. The van der Waals surface area contributed by atoms with Crippen LogP contribution in [0.2, 0.25) is 0 Å². The van der Waals surface area contributed by atoms with E-state index in [1.165, 1.54) is 0 Å². The number of amides is 1. The summed E-state index contributed by atoms with van der Waals surface area (Å²) < 4.78 is 5.11. The van der Waals surface area contributed by atoms with Crippen LogP contribution in [0.15, 0.2) is 34.9 Å². The first-order valence-corrected chi connectivity index (χ1v) is 9.20. The fourth-order valence-corrected chi connectivity index (χ4v) is 3.03. The first-order valence-electron chi connectivity index (χ1n) is 7.81. The van der Waals surface area contributed by atoms with Gasteiger partial charge in [-0.1, -0.05) is 17.3 Å². The third kappa shape index (κ3) is 3.97. The molecule has 2 heterocycles. The molecular formula is C17H20N4O2S. The topological polar surface area (TPSA) is 83.8 Å². The largest absolute Gasteiger partial charge is 0.361 e. The fraction of sp³-hybridized carbons (Fsp3) is 0.353. The molecule has 24 heavy (non-hydrogen) atoms. The molecule has 126 valence electrons. The highest BCUT2D eigenvalue weighted by Crippen LogP contribution is 2.20. The molecule has 1 atom stereocenters. The molecule has 0 unspecified atom stereocenters. The number of thioether (sulfide) groups is 1. The molecular weight excluding hydrogens is 324 g/mol. The molecule has 0 fully saturated rings. The third-order valence-electron chi connectivity index (χ3n) is 3.70. The van der Waals surface area contributed by atoms with Crippen molar-refractivity contribution in [3.05, 3.63) is 47.6 Å². The molecule has 6 nitrogen and oxygen atoms in total. The minimum Gasteiger partial charge on any atom is -0.361 e. The first-order chi connectivity index (χ1) is 11.7. The number of aromatic amines is 1. The number of carbonyl (C=O) groups excluding carboxylic acids is 1. The van der Waals surface area contributed by atoms with E-state index in [9.17, 15) is 4.79 Å². The Morgan fingerprint density at radius 1 is 1.42 bits per heavy atom. The monoisotopic (exact) mass is 344 g/mol. The van der Waals surface area contributed by atoms with Crippen LogP contribution in [0, 0.1) is 6.92 Å². The zero-order chi connectivity index (χ0) is 16.9. The smallest absolute Gasteiger partial charge is 0.228 e. The van der Waals surface area contributed by atoms with Crippen molar-refractivity contribution in [2.24, 2.45) is 0 Å². The summed E-state index contributed by atoms with van der Waals surface area (Å²) in [6.45, 7) is 1.83. The number of rotatable bonds is 7. The summed E-state index contributed by atoms with van der Waals surface area (Å²) in [5, 5.41) is 6.86. The Morgan fingerprint density at radius 3 is 2.96 bits per heavy atom. The van der Waals surface area contributed by atoms with Crippen molar-refractivity contribution in [2.45, 2.75) is 25.8 Å². The fourth-order valence-electron chi connectivity index (χ4n) is 2.55. The second-order valence-electron chi connectivity index (χ2n) is 5.65. The van der Waals surface area contributed by atoms with Crippen molar-refractivity contribution < 1.29 is 9.32 Å². The molecule has 2 aromatic heterocycles. The number of benzene rings is 1. The van der Waals surface area contributed by atoms with E-state index in [1.54, 1.807) is 17.8 Å². The van der Waals surface area contributed by atoms with Crippen LogP contribution in [-0.4, -0.2) is 33.0 Å². The molecule has 3 rings (SSSR count).